The van der Waals surface area contributed by atoms with Crippen molar-refractivity contribution in [2.75, 3.05) is 19.0 Å². The molecule has 1 saturated carbocycles. The van der Waals surface area contributed by atoms with Crippen LogP contribution < -0.4 is 10.1 Å². The third-order valence-corrected chi connectivity index (χ3v) is 7.56. The standard InChI is InChI=1S/C19H26N2O5S/c1-13(10-19(23)21(2)14-6-4-3-5-7-14)27(24,25)15-8-9-17-16(11-15)20-18(22)12-26-17/h8-9,11,13-14H,3-7,10,12H2,1-2H3,(H,20,22). The van der Waals surface area contributed by atoms with Crippen molar-refractivity contribution >= 4 is 27.3 Å². The van der Waals surface area contributed by atoms with Gasteiger partial charge in [-0.1, -0.05) is 19.3 Å². The Bertz CT molecular complexity index is 831. The lowest BCUT2D eigenvalue weighted by molar-refractivity contribution is -0.132. The van der Waals surface area contributed by atoms with Crippen molar-refractivity contribution in [1.29, 1.82) is 0 Å². The molecule has 1 aromatic carbocycles. The number of carbonyl (C=O) groups is 2. The summed E-state index contributed by atoms with van der Waals surface area (Å²) in [4.78, 5) is 25.8. The largest absolute Gasteiger partial charge is 0.482 e. The molecule has 2 amide bonds. The van der Waals surface area contributed by atoms with Gasteiger partial charge in [-0.05, 0) is 38.0 Å². The number of nitrogens with zero attached hydrogens (tertiary/aromatic N) is 1. The van der Waals surface area contributed by atoms with Gasteiger partial charge in [0.05, 0.1) is 15.8 Å². The highest BCUT2D eigenvalue weighted by Gasteiger charge is 2.30. The number of sulfone groups is 1. The van der Waals surface area contributed by atoms with Gasteiger partial charge < -0.3 is 15.0 Å². The smallest absolute Gasteiger partial charge is 0.262 e. The van der Waals surface area contributed by atoms with Crippen molar-refractivity contribution in [3.8, 4) is 5.75 Å². The van der Waals surface area contributed by atoms with Crippen molar-refractivity contribution in [3.63, 3.8) is 0 Å². The number of ether oxygens (including phenoxy) is 1. The average Bonchev–Trinajstić information content (AvgIpc) is 2.67. The number of rotatable bonds is 5. The van der Waals surface area contributed by atoms with Crippen LogP contribution in [0.1, 0.15) is 45.4 Å². The number of hydrogen-bond acceptors (Lipinski definition) is 5. The molecule has 1 aliphatic carbocycles. The number of amides is 2. The molecule has 0 spiro atoms. The second-order valence-electron chi connectivity index (χ2n) is 7.35. The van der Waals surface area contributed by atoms with Crippen molar-refractivity contribution in [3.05, 3.63) is 18.2 Å². The van der Waals surface area contributed by atoms with E-state index >= 15 is 0 Å². The van der Waals surface area contributed by atoms with E-state index in [2.05, 4.69) is 5.32 Å². The van der Waals surface area contributed by atoms with Crippen LogP contribution in [0, 0.1) is 0 Å². The zero-order valence-electron chi connectivity index (χ0n) is 15.7. The number of nitrogens with one attached hydrogen (secondary N) is 1. The lowest BCUT2D eigenvalue weighted by atomic mass is 9.94. The van der Waals surface area contributed by atoms with Gasteiger partial charge in [-0.25, -0.2) is 8.42 Å². The van der Waals surface area contributed by atoms with Gasteiger partial charge in [-0.3, -0.25) is 9.59 Å². The van der Waals surface area contributed by atoms with Gasteiger partial charge in [0.15, 0.2) is 16.4 Å². The summed E-state index contributed by atoms with van der Waals surface area (Å²) in [6.07, 6.45) is 5.32. The van der Waals surface area contributed by atoms with Crippen molar-refractivity contribution in [2.45, 2.75) is 61.6 Å². The fraction of sp³-hybridized carbons (Fsp3) is 0.579. The van der Waals surface area contributed by atoms with Crippen LogP contribution >= 0.6 is 0 Å². The lowest BCUT2D eigenvalue weighted by Crippen LogP contribution is -2.40. The van der Waals surface area contributed by atoms with Crippen molar-refractivity contribution in [1.82, 2.24) is 4.90 Å². The Hall–Kier alpha value is -2.09. The number of anilines is 1. The van der Waals surface area contributed by atoms with E-state index in [1.165, 1.54) is 24.6 Å². The maximum absolute atomic E-state index is 12.9. The molecule has 1 N–H and O–H groups in total. The minimum atomic E-state index is -3.70. The second-order valence-corrected chi connectivity index (χ2v) is 9.72. The highest BCUT2D eigenvalue weighted by atomic mass is 32.2. The Morgan fingerprint density at radius 3 is 2.70 bits per heavy atom. The predicted octanol–water partition coefficient (Wildman–Crippen LogP) is 2.36. The monoisotopic (exact) mass is 394 g/mol. The lowest BCUT2D eigenvalue weighted by Gasteiger charge is -2.32. The SMILES string of the molecule is CC(CC(=O)N(C)C1CCCCC1)S(=O)(=O)c1ccc2c(c1)NC(=O)CO2. The molecule has 1 atom stereocenters. The molecule has 1 heterocycles. The van der Waals surface area contributed by atoms with E-state index in [1.54, 1.807) is 18.9 Å². The highest BCUT2D eigenvalue weighted by Crippen LogP contribution is 2.32. The molecular formula is C19H26N2O5S. The van der Waals surface area contributed by atoms with Gasteiger partial charge in [-0.15, -0.1) is 0 Å². The highest BCUT2D eigenvalue weighted by molar-refractivity contribution is 7.92. The average molecular weight is 394 g/mol. The minimum absolute atomic E-state index is 0.0602. The summed E-state index contributed by atoms with van der Waals surface area (Å²) in [7, 11) is -1.94. The predicted molar refractivity (Wildman–Crippen MR) is 101 cm³/mol. The van der Waals surface area contributed by atoms with E-state index in [-0.39, 0.29) is 35.8 Å². The molecule has 0 bridgehead atoms. The Labute approximate surface area is 160 Å². The van der Waals surface area contributed by atoms with E-state index < -0.39 is 15.1 Å². The maximum Gasteiger partial charge on any atom is 0.262 e. The first-order valence-corrected chi connectivity index (χ1v) is 10.9. The van der Waals surface area contributed by atoms with E-state index in [1.807, 2.05) is 0 Å². The van der Waals surface area contributed by atoms with Crippen LogP contribution in [0.15, 0.2) is 23.1 Å². The minimum Gasteiger partial charge on any atom is -0.482 e. The van der Waals surface area contributed by atoms with Crippen LogP contribution in [0.2, 0.25) is 0 Å². The summed E-state index contributed by atoms with van der Waals surface area (Å²) in [5.74, 6) is -0.0312. The van der Waals surface area contributed by atoms with Crippen LogP contribution in [0.3, 0.4) is 0 Å². The topological polar surface area (TPSA) is 92.8 Å². The quantitative estimate of drug-likeness (QED) is 0.828. The molecule has 148 valence electrons. The summed E-state index contributed by atoms with van der Waals surface area (Å²) in [6, 6.07) is 4.59. The Morgan fingerprint density at radius 1 is 1.30 bits per heavy atom. The molecule has 1 aromatic rings. The molecule has 2 aliphatic rings. The molecule has 0 radical (unpaired) electrons. The summed E-state index contributed by atoms with van der Waals surface area (Å²) in [5, 5.41) is 1.76. The van der Waals surface area contributed by atoms with Gasteiger partial charge in [0.1, 0.15) is 5.75 Å². The first kappa shape index (κ1) is 19.7. The van der Waals surface area contributed by atoms with Crippen LogP contribution in [-0.4, -0.2) is 50.1 Å². The number of fused-ring (bicyclic) bond motifs is 1. The third kappa shape index (κ3) is 4.26. The Balaban J connectivity index is 1.71. The molecule has 1 unspecified atom stereocenters. The number of carbonyl (C=O) groups excluding carboxylic acids is 2. The zero-order valence-corrected chi connectivity index (χ0v) is 16.5. The molecule has 0 saturated heterocycles. The van der Waals surface area contributed by atoms with E-state index in [9.17, 15) is 18.0 Å². The second kappa shape index (κ2) is 7.88. The Kier molecular flexibility index (Phi) is 5.74. The summed E-state index contributed by atoms with van der Waals surface area (Å²) < 4.78 is 31.1. The summed E-state index contributed by atoms with van der Waals surface area (Å²) in [5.41, 5.74) is 0.338. The third-order valence-electron chi connectivity index (χ3n) is 5.42. The zero-order chi connectivity index (χ0) is 19.6. The molecule has 27 heavy (non-hydrogen) atoms. The van der Waals surface area contributed by atoms with E-state index in [4.69, 9.17) is 4.74 Å². The van der Waals surface area contributed by atoms with Crippen LogP contribution in [0.5, 0.6) is 5.75 Å². The molecular weight excluding hydrogens is 368 g/mol. The molecule has 8 heteroatoms. The molecule has 3 rings (SSSR count). The molecule has 1 fully saturated rings. The van der Waals surface area contributed by atoms with Crippen LogP contribution in [0.25, 0.3) is 0 Å². The van der Waals surface area contributed by atoms with Gasteiger partial charge >= 0.3 is 0 Å². The normalized spacial score (nSPS) is 18.8. The van der Waals surface area contributed by atoms with Crippen molar-refractivity contribution in [2.24, 2.45) is 0 Å². The molecule has 0 aromatic heterocycles. The fourth-order valence-corrected chi connectivity index (χ4v) is 5.01. The van der Waals surface area contributed by atoms with E-state index in [0.717, 1.165) is 25.7 Å². The van der Waals surface area contributed by atoms with Gasteiger partial charge in [0.2, 0.25) is 5.91 Å². The van der Waals surface area contributed by atoms with Gasteiger partial charge in [0.25, 0.3) is 5.91 Å². The Morgan fingerprint density at radius 2 is 2.00 bits per heavy atom. The summed E-state index contributed by atoms with van der Waals surface area (Å²) >= 11 is 0. The number of benzene rings is 1. The first-order valence-electron chi connectivity index (χ1n) is 9.35. The van der Waals surface area contributed by atoms with Crippen LogP contribution in [-0.2, 0) is 19.4 Å². The summed E-state index contributed by atoms with van der Waals surface area (Å²) in [6.45, 7) is 1.47. The molecule has 7 nitrogen and oxygen atoms in total. The number of hydrogen-bond donors (Lipinski definition) is 1. The van der Waals surface area contributed by atoms with Crippen LogP contribution in [0.4, 0.5) is 5.69 Å². The molecule has 1 aliphatic heterocycles. The first-order chi connectivity index (χ1) is 12.8. The van der Waals surface area contributed by atoms with Gasteiger partial charge in [0, 0.05) is 19.5 Å². The van der Waals surface area contributed by atoms with Gasteiger partial charge in [-0.2, -0.15) is 0 Å². The maximum atomic E-state index is 12.9. The fourth-order valence-electron chi connectivity index (χ4n) is 3.64. The van der Waals surface area contributed by atoms with E-state index in [0.29, 0.717) is 11.4 Å². The van der Waals surface area contributed by atoms with Crippen molar-refractivity contribution < 1.29 is 22.7 Å².